The number of carbonyl (C=O) groups is 2. The number of rotatable bonds is 33. The van der Waals surface area contributed by atoms with Gasteiger partial charge < -0.3 is 19.3 Å². The van der Waals surface area contributed by atoms with Crippen LogP contribution in [0.4, 0.5) is 0 Å². The van der Waals surface area contributed by atoms with Gasteiger partial charge in [0.15, 0.2) is 6.10 Å². The molecule has 0 aliphatic carbocycles. The second kappa shape index (κ2) is 34.6. The molecule has 276 valence electrons. The van der Waals surface area contributed by atoms with Crippen LogP contribution in [0.25, 0.3) is 0 Å². The predicted molar refractivity (Wildman–Crippen MR) is 197 cm³/mol. The molecular weight excluding hydrogens is 627 g/mol. The number of esters is 2. The van der Waals surface area contributed by atoms with E-state index in [1.54, 1.807) is 0 Å². The van der Waals surface area contributed by atoms with Crippen LogP contribution in [-0.4, -0.2) is 41.0 Å². The summed E-state index contributed by atoms with van der Waals surface area (Å²) in [6.45, 7) is 3.51. The van der Waals surface area contributed by atoms with Crippen molar-refractivity contribution in [2.24, 2.45) is 0 Å². The molecule has 0 aromatic carbocycles. The number of allylic oxidation sites excluding steroid dienone is 10. The fourth-order valence-corrected chi connectivity index (χ4v) is 5.17. The Kier molecular flexibility index (Phi) is 33.0. The monoisotopic (exact) mass is 694 g/mol. The first-order valence-corrected chi connectivity index (χ1v) is 20.1. The zero-order valence-corrected chi connectivity index (χ0v) is 31.0. The molecule has 0 bridgehead atoms. The van der Waals surface area contributed by atoms with Crippen molar-refractivity contribution in [2.75, 3.05) is 13.2 Å². The van der Waals surface area contributed by atoms with Gasteiger partial charge >= 0.3 is 19.8 Å². The summed E-state index contributed by atoms with van der Waals surface area (Å²) in [5.74, 6) is -0.927. The van der Waals surface area contributed by atoms with Gasteiger partial charge in [-0.1, -0.05) is 145 Å². The van der Waals surface area contributed by atoms with Gasteiger partial charge in [-0.2, -0.15) is 0 Å². The molecule has 0 aliphatic heterocycles. The van der Waals surface area contributed by atoms with Crippen molar-refractivity contribution in [1.29, 1.82) is 0 Å². The maximum absolute atomic E-state index is 12.3. The minimum absolute atomic E-state index is 0.204. The first-order chi connectivity index (χ1) is 23.3. The Morgan fingerprint density at radius 3 is 1.50 bits per heavy atom. The zero-order valence-electron chi connectivity index (χ0n) is 30.1. The Hall–Kier alpha value is -2.25. The first kappa shape index (κ1) is 45.8. The maximum Gasteiger partial charge on any atom is 0.469 e. The third kappa shape index (κ3) is 36.6. The van der Waals surface area contributed by atoms with Gasteiger partial charge in [0.1, 0.15) is 6.61 Å². The second-order valence-corrected chi connectivity index (χ2v) is 13.4. The normalized spacial score (nSPS) is 13.2. The largest absolute Gasteiger partial charge is 0.469 e. The summed E-state index contributed by atoms with van der Waals surface area (Å²) in [5.41, 5.74) is 0. The molecule has 9 heteroatoms. The summed E-state index contributed by atoms with van der Waals surface area (Å²) in [6.07, 6.45) is 42.3. The number of ether oxygens (including phenoxy) is 2. The Bertz CT molecular complexity index is 963. The number of unbranched alkanes of at least 4 members (excludes halogenated alkanes) is 13. The van der Waals surface area contributed by atoms with Crippen LogP contribution in [-0.2, 0) is 28.2 Å². The summed E-state index contributed by atoms with van der Waals surface area (Å²) < 4.78 is 26.2. The van der Waals surface area contributed by atoms with Gasteiger partial charge in [0.2, 0.25) is 0 Å². The van der Waals surface area contributed by atoms with Crippen molar-refractivity contribution in [1.82, 2.24) is 0 Å². The van der Waals surface area contributed by atoms with Gasteiger partial charge in [0.25, 0.3) is 0 Å². The Labute approximate surface area is 292 Å². The van der Waals surface area contributed by atoms with E-state index in [-0.39, 0.29) is 19.4 Å². The minimum Gasteiger partial charge on any atom is -0.462 e. The van der Waals surface area contributed by atoms with E-state index in [1.165, 1.54) is 44.9 Å². The Morgan fingerprint density at radius 2 is 1.00 bits per heavy atom. The third-order valence-electron chi connectivity index (χ3n) is 7.55. The van der Waals surface area contributed by atoms with Gasteiger partial charge in [-0.05, 0) is 57.8 Å². The summed E-state index contributed by atoms with van der Waals surface area (Å²) >= 11 is 0. The molecule has 0 saturated heterocycles. The van der Waals surface area contributed by atoms with Crippen LogP contribution in [0.15, 0.2) is 60.8 Å². The van der Waals surface area contributed by atoms with E-state index in [1.807, 2.05) is 0 Å². The SMILES string of the molecule is CC/C=C\C/C=C\C/C=C\C/C=C\C/C=C\CCCCCC(=O)OC[C@H](COP(=O)(O)O)OC(=O)CCCCCCCCCCCCC. The summed E-state index contributed by atoms with van der Waals surface area (Å²) in [4.78, 5) is 42.6. The molecule has 0 amide bonds. The highest BCUT2D eigenvalue weighted by Gasteiger charge is 2.22. The van der Waals surface area contributed by atoms with E-state index < -0.39 is 32.5 Å². The number of hydrogen-bond donors (Lipinski definition) is 2. The number of hydrogen-bond acceptors (Lipinski definition) is 6. The summed E-state index contributed by atoms with van der Waals surface area (Å²) in [6, 6.07) is 0. The lowest BCUT2D eigenvalue weighted by molar-refractivity contribution is -0.161. The highest BCUT2D eigenvalue weighted by Crippen LogP contribution is 2.36. The first-order valence-electron chi connectivity index (χ1n) is 18.6. The lowest BCUT2D eigenvalue weighted by atomic mass is 10.1. The molecule has 8 nitrogen and oxygen atoms in total. The molecule has 0 spiro atoms. The smallest absolute Gasteiger partial charge is 0.462 e. The van der Waals surface area contributed by atoms with Crippen LogP contribution >= 0.6 is 7.82 Å². The molecule has 0 radical (unpaired) electrons. The van der Waals surface area contributed by atoms with Crippen molar-refractivity contribution in [2.45, 2.75) is 161 Å². The van der Waals surface area contributed by atoms with Gasteiger partial charge in [-0.3, -0.25) is 14.1 Å². The molecule has 0 aliphatic rings. The van der Waals surface area contributed by atoms with Crippen molar-refractivity contribution >= 4 is 19.8 Å². The molecule has 0 fully saturated rings. The van der Waals surface area contributed by atoms with Crippen LogP contribution in [0.1, 0.15) is 155 Å². The summed E-state index contributed by atoms with van der Waals surface area (Å²) in [5, 5.41) is 0. The van der Waals surface area contributed by atoms with E-state index in [2.05, 4.69) is 79.1 Å². The van der Waals surface area contributed by atoms with Crippen LogP contribution in [0.5, 0.6) is 0 Å². The summed E-state index contributed by atoms with van der Waals surface area (Å²) in [7, 11) is -4.76. The van der Waals surface area contributed by atoms with Crippen molar-refractivity contribution in [3.05, 3.63) is 60.8 Å². The fourth-order valence-electron chi connectivity index (χ4n) is 4.81. The molecule has 48 heavy (non-hydrogen) atoms. The van der Waals surface area contributed by atoms with Crippen LogP contribution in [0.3, 0.4) is 0 Å². The number of phosphoric ester groups is 1. The van der Waals surface area contributed by atoms with Crippen molar-refractivity contribution < 1.29 is 37.9 Å². The average molecular weight is 695 g/mol. The molecular formula is C39H67O8P. The number of phosphoric acid groups is 1. The van der Waals surface area contributed by atoms with Crippen LogP contribution in [0, 0.1) is 0 Å². The molecule has 2 N–H and O–H groups in total. The zero-order chi connectivity index (χ0) is 35.4. The highest BCUT2D eigenvalue weighted by atomic mass is 31.2. The van der Waals surface area contributed by atoms with Crippen LogP contribution < -0.4 is 0 Å². The minimum atomic E-state index is -4.76. The Morgan fingerprint density at radius 1 is 0.562 bits per heavy atom. The van der Waals surface area contributed by atoms with Gasteiger partial charge in [0, 0.05) is 12.8 Å². The van der Waals surface area contributed by atoms with Gasteiger partial charge in [-0.15, -0.1) is 0 Å². The third-order valence-corrected chi connectivity index (χ3v) is 8.04. The van der Waals surface area contributed by atoms with E-state index in [4.69, 9.17) is 19.3 Å². The average Bonchev–Trinajstić information content (AvgIpc) is 3.05. The molecule has 0 saturated carbocycles. The van der Waals surface area contributed by atoms with Gasteiger partial charge in [-0.25, -0.2) is 4.57 Å². The molecule has 0 rings (SSSR count). The predicted octanol–water partition coefficient (Wildman–Crippen LogP) is 11.0. The van der Waals surface area contributed by atoms with E-state index in [0.29, 0.717) is 12.8 Å². The molecule has 0 aromatic rings. The molecule has 0 unspecified atom stereocenters. The van der Waals surface area contributed by atoms with E-state index >= 15 is 0 Å². The quantitative estimate of drug-likeness (QED) is 0.0301. The standard InChI is InChI=1S/C39H67O8P/c1-3-5-7-9-11-13-15-16-17-18-19-20-21-22-24-25-27-29-31-33-38(40)45-35-37(36-46-48(42,43)44)47-39(41)34-32-30-28-26-23-14-12-10-8-6-4-2/h5,7,11,13,16-17,19-20,22,24,37H,3-4,6,8-10,12,14-15,18,21,23,25-36H2,1-2H3,(H2,42,43,44)/b7-5-,13-11-,17-16-,20-19-,24-22-/t37-/m1/s1. The second-order valence-electron chi connectivity index (χ2n) is 12.2. The highest BCUT2D eigenvalue weighted by molar-refractivity contribution is 7.46. The van der Waals surface area contributed by atoms with Crippen molar-refractivity contribution in [3.63, 3.8) is 0 Å². The Balaban J connectivity index is 4.04. The molecule has 0 aromatic heterocycles. The van der Waals surface area contributed by atoms with E-state index in [0.717, 1.165) is 70.6 Å². The lowest BCUT2D eigenvalue weighted by Gasteiger charge is -2.18. The molecule has 1 atom stereocenters. The van der Waals surface area contributed by atoms with Crippen molar-refractivity contribution in [3.8, 4) is 0 Å². The topological polar surface area (TPSA) is 119 Å². The van der Waals surface area contributed by atoms with Crippen LogP contribution in [0.2, 0.25) is 0 Å². The molecule has 0 heterocycles. The fraction of sp³-hybridized carbons (Fsp3) is 0.692. The van der Waals surface area contributed by atoms with E-state index in [9.17, 15) is 14.2 Å². The lowest BCUT2D eigenvalue weighted by Crippen LogP contribution is -2.29. The van der Waals surface area contributed by atoms with Gasteiger partial charge in [0.05, 0.1) is 6.61 Å². The maximum atomic E-state index is 12.3. The number of carbonyl (C=O) groups excluding carboxylic acids is 2.